The van der Waals surface area contributed by atoms with Gasteiger partial charge in [-0.15, -0.1) is 11.3 Å². The zero-order chi connectivity index (χ0) is 22.8. The molecule has 1 aromatic carbocycles. The second-order valence-corrected chi connectivity index (χ2v) is 9.07. The second-order valence-electron chi connectivity index (χ2n) is 6.41. The number of H-pyrrole nitrogens is 2. The van der Waals surface area contributed by atoms with Gasteiger partial charge in [0.05, 0.1) is 18.5 Å². The van der Waals surface area contributed by atoms with Gasteiger partial charge in [0, 0.05) is 11.1 Å². The van der Waals surface area contributed by atoms with Crippen LogP contribution in [0.4, 0.5) is 10.8 Å². The summed E-state index contributed by atoms with van der Waals surface area (Å²) in [4.78, 5) is 44.0. The summed E-state index contributed by atoms with van der Waals surface area (Å²) in [5, 5.41) is 4.59. The minimum absolute atomic E-state index is 0.122. The highest BCUT2D eigenvalue weighted by Gasteiger charge is 2.32. The van der Waals surface area contributed by atoms with Gasteiger partial charge in [-0.2, -0.15) is 0 Å². The molecule has 164 valence electrons. The first-order valence-corrected chi connectivity index (χ1v) is 11.2. The number of carbonyl (C=O) groups is 1. The number of aromatic nitrogens is 3. The fourth-order valence-electron chi connectivity index (χ4n) is 2.77. The quantitative estimate of drug-likeness (QED) is 0.470. The average Bonchev–Trinajstić information content (AvgIpc) is 3.09. The molecule has 3 aromatic rings. The lowest BCUT2D eigenvalue weighted by Gasteiger charge is -2.24. The molecule has 0 aliphatic carbocycles. The van der Waals surface area contributed by atoms with Gasteiger partial charge >= 0.3 is 5.69 Å². The molecule has 0 saturated heterocycles. The van der Waals surface area contributed by atoms with Crippen molar-refractivity contribution in [1.29, 1.82) is 0 Å². The molecule has 11 nitrogen and oxygen atoms in total. The highest BCUT2D eigenvalue weighted by atomic mass is 32.2. The van der Waals surface area contributed by atoms with Crippen LogP contribution in [0.2, 0.25) is 0 Å². The van der Waals surface area contributed by atoms with Crippen LogP contribution in [-0.4, -0.2) is 42.9 Å². The predicted octanol–water partition coefficient (Wildman–Crippen LogP) is 0.979. The molecular weight excluding hydrogens is 446 g/mol. The van der Waals surface area contributed by atoms with E-state index < -0.39 is 38.6 Å². The highest BCUT2D eigenvalue weighted by molar-refractivity contribution is 7.92. The molecule has 0 unspecified atom stereocenters. The van der Waals surface area contributed by atoms with Gasteiger partial charge in [-0.25, -0.2) is 18.2 Å². The Balaban J connectivity index is 2.05. The number of nitrogens with zero attached hydrogens (tertiary/aromatic N) is 2. The molecule has 0 fully saturated rings. The molecule has 0 spiro atoms. The van der Waals surface area contributed by atoms with Crippen molar-refractivity contribution in [3.63, 3.8) is 0 Å². The van der Waals surface area contributed by atoms with Crippen LogP contribution in [0.1, 0.15) is 11.4 Å². The number of benzene rings is 1. The molecule has 2 heterocycles. The summed E-state index contributed by atoms with van der Waals surface area (Å²) >= 11 is 1.19. The van der Waals surface area contributed by atoms with E-state index in [-0.39, 0.29) is 11.4 Å². The molecule has 0 radical (unpaired) electrons. The summed E-state index contributed by atoms with van der Waals surface area (Å²) in [5.41, 5.74) is -1.25. The van der Waals surface area contributed by atoms with Crippen molar-refractivity contribution in [2.75, 3.05) is 23.3 Å². The van der Waals surface area contributed by atoms with Crippen LogP contribution < -0.4 is 25.6 Å². The number of hydrogen-bond acceptors (Lipinski definition) is 8. The number of thiazole rings is 1. The summed E-state index contributed by atoms with van der Waals surface area (Å²) in [5.74, 6) is -0.186. The van der Waals surface area contributed by atoms with Crippen LogP contribution in [0.25, 0.3) is 0 Å². The van der Waals surface area contributed by atoms with Crippen LogP contribution in [0.5, 0.6) is 5.75 Å². The Morgan fingerprint density at radius 2 is 1.87 bits per heavy atom. The van der Waals surface area contributed by atoms with Gasteiger partial charge in [0.25, 0.3) is 15.6 Å². The fraction of sp³-hybridized carbons (Fsp3) is 0.222. The van der Waals surface area contributed by atoms with E-state index in [1.807, 2.05) is 4.98 Å². The third kappa shape index (κ3) is 4.83. The summed E-state index contributed by atoms with van der Waals surface area (Å²) in [6.07, 6.45) is 0. The molecule has 13 heteroatoms. The summed E-state index contributed by atoms with van der Waals surface area (Å²) in [6.45, 7) is 2.41. The highest BCUT2D eigenvalue weighted by Crippen LogP contribution is 2.25. The molecule has 0 bridgehead atoms. The maximum Gasteiger partial charge on any atom is 0.325 e. The zero-order valence-electron chi connectivity index (χ0n) is 16.8. The second kappa shape index (κ2) is 8.73. The Hall–Kier alpha value is -3.45. The van der Waals surface area contributed by atoms with Crippen molar-refractivity contribution in [3.05, 3.63) is 61.9 Å². The number of methoxy groups -OCH3 is 1. The zero-order valence-corrected chi connectivity index (χ0v) is 18.4. The summed E-state index contributed by atoms with van der Waals surface area (Å²) in [6, 6.07) is 5.91. The third-order valence-corrected chi connectivity index (χ3v) is 6.94. The molecule has 0 saturated carbocycles. The number of amides is 1. The first kappa shape index (κ1) is 22.2. The summed E-state index contributed by atoms with van der Waals surface area (Å²) < 4.78 is 32.6. The van der Waals surface area contributed by atoms with Crippen LogP contribution in [0.3, 0.4) is 0 Å². The Bertz CT molecular complexity index is 1320. The van der Waals surface area contributed by atoms with E-state index >= 15 is 0 Å². The minimum Gasteiger partial charge on any atom is -0.497 e. The van der Waals surface area contributed by atoms with Gasteiger partial charge < -0.3 is 15.0 Å². The molecule has 3 N–H and O–H groups in total. The summed E-state index contributed by atoms with van der Waals surface area (Å²) in [7, 11) is -3.08. The average molecular weight is 466 g/mol. The lowest BCUT2D eigenvalue weighted by molar-refractivity contribution is -0.114. The van der Waals surface area contributed by atoms with E-state index in [1.54, 1.807) is 12.3 Å². The third-order valence-electron chi connectivity index (χ3n) is 4.14. The smallest absolute Gasteiger partial charge is 0.325 e. The van der Waals surface area contributed by atoms with E-state index in [1.165, 1.54) is 49.6 Å². The fourth-order valence-corrected chi connectivity index (χ4v) is 5.11. The molecule has 1 amide bonds. The molecule has 2 aromatic heterocycles. The first-order chi connectivity index (χ1) is 14.6. The number of aromatic amines is 2. The van der Waals surface area contributed by atoms with Crippen molar-refractivity contribution in [3.8, 4) is 5.75 Å². The number of nitrogens with one attached hydrogen (secondary N) is 3. The number of anilines is 2. The van der Waals surface area contributed by atoms with Crippen LogP contribution in [0, 0.1) is 13.8 Å². The van der Waals surface area contributed by atoms with Gasteiger partial charge in [-0.05, 0) is 38.1 Å². The van der Waals surface area contributed by atoms with E-state index in [4.69, 9.17) is 4.74 Å². The number of rotatable bonds is 7. The number of hydrogen-bond donors (Lipinski definition) is 3. The van der Waals surface area contributed by atoms with Crippen molar-refractivity contribution < 1.29 is 17.9 Å². The molecule has 0 atom stereocenters. The topological polar surface area (TPSA) is 154 Å². The van der Waals surface area contributed by atoms with Gasteiger partial charge in [0.2, 0.25) is 5.91 Å². The van der Waals surface area contributed by atoms with Crippen molar-refractivity contribution in [2.24, 2.45) is 0 Å². The Morgan fingerprint density at radius 3 is 2.42 bits per heavy atom. The van der Waals surface area contributed by atoms with Crippen molar-refractivity contribution in [1.82, 2.24) is 15.0 Å². The molecular formula is C18H19N5O6S2. The minimum atomic E-state index is -4.53. The Labute approximate surface area is 180 Å². The van der Waals surface area contributed by atoms with Crippen molar-refractivity contribution >= 4 is 38.1 Å². The normalized spacial score (nSPS) is 11.2. The standard InChI is InChI=1S/C18H19N5O6S2/c1-10-9-30-18(19-10)21-14(24)8-23(12-4-6-13(29-3)7-5-12)31(27,28)15-11(2)20-17(26)22-16(15)25/h4-7,9H,8H2,1-3H3,(H,19,21,24)(H2,20,22,25,26). The van der Waals surface area contributed by atoms with Gasteiger partial charge in [-0.3, -0.25) is 18.9 Å². The van der Waals surface area contributed by atoms with Gasteiger partial charge in [0.1, 0.15) is 12.3 Å². The Kier molecular flexibility index (Phi) is 6.27. The lowest BCUT2D eigenvalue weighted by Crippen LogP contribution is -2.42. The molecule has 0 aliphatic heterocycles. The van der Waals surface area contributed by atoms with E-state index in [0.29, 0.717) is 16.6 Å². The van der Waals surface area contributed by atoms with Crippen LogP contribution in [0.15, 0.2) is 44.1 Å². The Morgan fingerprint density at radius 1 is 1.19 bits per heavy atom. The lowest BCUT2D eigenvalue weighted by atomic mass is 10.3. The largest absolute Gasteiger partial charge is 0.497 e. The van der Waals surface area contributed by atoms with Crippen molar-refractivity contribution in [2.45, 2.75) is 18.7 Å². The molecule has 3 rings (SSSR count). The molecule has 31 heavy (non-hydrogen) atoms. The maximum absolute atomic E-state index is 13.4. The SMILES string of the molecule is COc1ccc(N(CC(=O)Nc2nc(C)cs2)S(=O)(=O)c2c(C)[nH]c(=O)[nH]c2=O)cc1. The van der Waals surface area contributed by atoms with Gasteiger partial charge in [-0.1, -0.05) is 0 Å². The number of carbonyl (C=O) groups excluding carboxylic acids is 1. The van der Waals surface area contributed by atoms with Crippen LogP contribution in [-0.2, 0) is 14.8 Å². The first-order valence-electron chi connectivity index (χ1n) is 8.84. The van der Waals surface area contributed by atoms with E-state index in [0.717, 1.165) is 4.31 Å². The maximum atomic E-state index is 13.4. The molecule has 0 aliphatic rings. The van der Waals surface area contributed by atoms with E-state index in [9.17, 15) is 22.8 Å². The van der Waals surface area contributed by atoms with E-state index in [2.05, 4.69) is 15.3 Å². The number of sulfonamides is 1. The van der Waals surface area contributed by atoms with Gasteiger partial charge in [0.15, 0.2) is 10.0 Å². The predicted molar refractivity (Wildman–Crippen MR) is 115 cm³/mol. The number of aryl methyl sites for hydroxylation is 2. The monoisotopic (exact) mass is 465 g/mol. The van der Waals surface area contributed by atoms with Crippen LogP contribution >= 0.6 is 11.3 Å². The number of ether oxygens (including phenoxy) is 1.